The molecule has 1 aliphatic carbocycles. The Hall–Kier alpha value is -7.34. The van der Waals surface area contributed by atoms with Crippen LogP contribution in [0.3, 0.4) is 0 Å². The first-order valence-electron chi connectivity index (χ1n) is 20.6. The SMILES string of the molecule is CC1(C)c2ccccc2-c2c1c1cc3c4cc(-c5cccc6c5sc5ccccc56)ccc4n(-c4nc(-c5ccccc5)c5ccccc5n4)c3cc1n2-c1ccccc1. The van der Waals surface area contributed by atoms with E-state index in [9.17, 15) is 0 Å². The van der Waals surface area contributed by atoms with Crippen LogP contribution in [-0.4, -0.2) is 19.1 Å². The smallest absolute Gasteiger partial charge is 0.235 e. The van der Waals surface area contributed by atoms with Gasteiger partial charge in [0, 0.05) is 63.9 Å². The maximum atomic E-state index is 5.47. The number of fused-ring (bicyclic) bond motifs is 12. The lowest BCUT2D eigenvalue weighted by atomic mass is 9.81. The van der Waals surface area contributed by atoms with Crippen molar-refractivity contribution in [2.75, 3.05) is 0 Å². The van der Waals surface area contributed by atoms with E-state index in [0.29, 0.717) is 5.95 Å². The second kappa shape index (κ2) is 12.3. The fourth-order valence-electron chi connectivity index (χ4n) is 10.2. The standard InChI is InChI=1S/C55H36N4S/c1-55(2)44-25-12-9-21-39(44)52-50(55)43-31-42-41-30-34(36-23-15-24-38-37-20-11-14-27-49(37)60-53(36)38)28-29-46(41)59(47(42)32-48(43)58(52)35-18-7-4-8-19-35)54-56-45-26-13-10-22-40(45)51(57-54)33-16-5-3-6-17-33/h3-32H,1-2H3. The Balaban J connectivity index is 1.17. The van der Waals surface area contributed by atoms with E-state index >= 15 is 0 Å². The van der Waals surface area contributed by atoms with Crippen molar-refractivity contribution in [1.29, 1.82) is 0 Å². The molecule has 4 nitrogen and oxygen atoms in total. The number of hydrogen-bond donors (Lipinski definition) is 0. The molecule has 0 amide bonds. The molecular formula is C55H36N4S. The van der Waals surface area contributed by atoms with Crippen LogP contribution < -0.4 is 0 Å². The zero-order valence-corrected chi connectivity index (χ0v) is 33.8. The number of rotatable bonds is 4. The maximum Gasteiger partial charge on any atom is 0.235 e. The zero-order valence-electron chi connectivity index (χ0n) is 33.0. The minimum absolute atomic E-state index is 0.204. The summed E-state index contributed by atoms with van der Waals surface area (Å²) in [5, 5.41) is 7.26. The van der Waals surface area contributed by atoms with E-state index in [-0.39, 0.29) is 5.41 Å². The number of hydrogen-bond acceptors (Lipinski definition) is 3. The van der Waals surface area contributed by atoms with Gasteiger partial charge in [0.1, 0.15) is 0 Å². The number of aromatic nitrogens is 4. The lowest BCUT2D eigenvalue weighted by Crippen LogP contribution is -2.14. The molecule has 282 valence electrons. The molecule has 0 aliphatic heterocycles. The van der Waals surface area contributed by atoms with Crippen LogP contribution >= 0.6 is 11.3 Å². The third kappa shape index (κ3) is 4.61. The summed E-state index contributed by atoms with van der Waals surface area (Å²) >= 11 is 1.88. The Morgan fingerprint density at radius 2 is 1.15 bits per heavy atom. The summed E-state index contributed by atoms with van der Waals surface area (Å²) in [5.41, 5.74) is 14.9. The van der Waals surface area contributed by atoms with Gasteiger partial charge in [-0.15, -0.1) is 11.3 Å². The van der Waals surface area contributed by atoms with Crippen LogP contribution in [0.4, 0.5) is 0 Å². The summed E-state index contributed by atoms with van der Waals surface area (Å²) < 4.78 is 7.42. The van der Waals surface area contributed by atoms with Crippen LogP contribution in [0.5, 0.6) is 0 Å². The summed E-state index contributed by atoms with van der Waals surface area (Å²) in [6.07, 6.45) is 0. The molecule has 13 rings (SSSR count). The fraction of sp³-hybridized carbons (Fsp3) is 0.0545. The molecule has 0 saturated carbocycles. The molecule has 4 heterocycles. The summed E-state index contributed by atoms with van der Waals surface area (Å²) in [6, 6.07) is 66.0. The van der Waals surface area contributed by atoms with E-state index in [1.54, 1.807) is 0 Å². The molecule has 0 radical (unpaired) electrons. The van der Waals surface area contributed by atoms with E-state index in [0.717, 1.165) is 38.9 Å². The molecule has 12 aromatic rings. The molecule has 60 heavy (non-hydrogen) atoms. The fourth-order valence-corrected chi connectivity index (χ4v) is 11.5. The largest absolute Gasteiger partial charge is 0.309 e. The molecule has 0 bridgehead atoms. The Morgan fingerprint density at radius 3 is 2.02 bits per heavy atom. The van der Waals surface area contributed by atoms with Crippen LogP contribution in [0.1, 0.15) is 25.0 Å². The maximum absolute atomic E-state index is 5.47. The van der Waals surface area contributed by atoms with E-state index < -0.39 is 0 Å². The highest BCUT2D eigenvalue weighted by Crippen LogP contribution is 2.54. The Bertz CT molecular complexity index is 3740. The first kappa shape index (κ1) is 33.6. The van der Waals surface area contributed by atoms with Crippen molar-refractivity contribution in [2.24, 2.45) is 0 Å². The van der Waals surface area contributed by atoms with Gasteiger partial charge in [0.05, 0.1) is 33.5 Å². The zero-order chi connectivity index (χ0) is 39.7. The molecule has 1 aliphatic rings. The Kier molecular flexibility index (Phi) is 6.91. The van der Waals surface area contributed by atoms with Gasteiger partial charge in [0.2, 0.25) is 5.95 Å². The van der Waals surface area contributed by atoms with Crippen LogP contribution in [0.25, 0.3) is 109 Å². The summed E-state index contributed by atoms with van der Waals surface area (Å²) in [6.45, 7) is 4.77. The van der Waals surface area contributed by atoms with Gasteiger partial charge < -0.3 is 4.57 Å². The molecule has 0 N–H and O–H groups in total. The van der Waals surface area contributed by atoms with Gasteiger partial charge in [-0.05, 0) is 70.8 Å². The predicted octanol–water partition coefficient (Wildman–Crippen LogP) is 14.7. The molecule has 0 atom stereocenters. The number of benzene rings is 8. The molecule has 0 fully saturated rings. The molecule has 8 aromatic carbocycles. The van der Waals surface area contributed by atoms with Crippen LogP contribution in [0, 0.1) is 0 Å². The van der Waals surface area contributed by atoms with Crippen molar-refractivity contribution in [2.45, 2.75) is 19.3 Å². The van der Waals surface area contributed by atoms with Crippen molar-refractivity contribution in [3.8, 4) is 45.3 Å². The molecule has 0 saturated heterocycles. The second-order valence-electron chi connectivity index (χ2n) is 16.6. The molecule has 4 aromatic heterocycles. The minimum atomic E-state index is -0.204. The molecule has 5 heteroatoms. The Labute approximate surface area is 350 Å². The van der Waals surface area contributed by atoms with Crippen LogP contribution in [0.2, 0.25) is 0 Å². The van der Waals surface area contributed by atoms with Crippen molar-refractivity contribution in [1.82, 2.24) is 19.1 Å². The summed E-state index contributed by atoms with van der Waals surface area (Å²) in [5.74, 6) is 0.655. The highest BCUT2D eigenvalue weighted by Gasteiger charge is 2.40. The Morgan fingerprint density at radius 1 is 0.467 bits per heavy atom. The van der Waals surface area contributed by atoms with Crippen molar-refractivity contribution in [3.05, 3.63) is 193 Å². The highest BCUT2D eigenvalue weighted by atomic mass is 32.1. The average molecular weight is 785 g/mol. The quantitative estimate of drug-likeness (QED) is 0.178. The van der Waals surface area contributed by atoms with E-state index in [1.165, 1.54) is 75.4 Å². The first-order valence-corrected chi connectivity index (χ1v) is 21.4. The normalized spacial score (nSPS) is 13.3. The van der Waals surface area contributed by atoms with Gasteiger partial charge in [0.15, 0.2) is 0 Å². The van der Waals surface area contributed by atoms with Gasteiger partial charge in [-0.3, -0.25) is 4.57 Å². The molecule has 0 unspecified atom stereocenters. The lowest BCUT2D eigenvalue weighted by Gasteiger charge is -2.21. The van der Waals surface area contributed by atoms with E-state index in [4.69, 9.17) is 9.97 Å². The van der Waals surface area contributed by atoms with Gasteiger partial charge >= 0.3 is 0 Å². The number of nitrogens with zero attached hydrogens (tertiary/aromatic N) is 4. The predicted molar refractivity (Wildman–Crippen MR) is 252 cm³/mol. The van der Waals surface area contributed by atoms with Crippen LogP contribution in [-0.2, 0) is 5.41 Å². The number of thiophene rings is 1. The monoisotopic (exact) mass is 784 g/mol. The third-order valence-electron chi connectivity index (χ3n) is 12.9. The van der Waals surface area contributed by atoms with E-state index in [2.05, 4.69) is 205 Å². The van der Waals surface area contributed by atoms with Gasteiger partial charge in [-0.25, -0.2) is 9.97 Å². The van der Waals surface area contributed by atoms with Gasteiger partial charge in [-0.2, -0.15) is 0 Å². The van der Waals surface area contributed by atoms with Crippen LogP contribution in [0.15, 0.2) is 182 Å². The lowest BCUT2D eigenvalue weighted by molar-refractivity contribution is 0.666. The second-order valence-corrected chi connectivity index (χ2v) is 17.6. The third-order valence-corrected chi connectivity index (χ3v) is 14.1. The topological polar surface area (TPSA) is 35.6 Å². The van der Waals surface area contributed by atoms with Gasteiger partial charge in [0.25, 0.3) is 0 Å². The average Bonchev–Trinajstić information content (AvgIpc) is 4.01. The van der Waals surface area contributed by atoms with Crippen molar-refractivity contribution in [3.63, 3.8) is 0 Å². The number of para-hydroxylation sites is 2. The van der Waals surface area contributed by atoms with Gasteiger partial charge in [-0.1, -0.05) is 147 Å². The minimum Gasteiger partial charge on any atom is -0.309 e. The van der Waals surface area contributed by atoms with Crippen molar-refractivity contribution >= 4 is 75.1 Å². The first-order chi connectivity index (χ1) is 29.5. The highest BCUT2D eigenvalue weighted by molar-refractivity contribution is 7.26. The van der Waals surface area contributed by atoms with Crippen molar-refractivity contribution < 1.29 is 0 Å². The summed E-state index contributed by atoms with van der Waals surface area (Å²) in [7, 11) is 0. The molecular weight excluding hydrogens is 749 g/mol. The summed E-state index contributed by atoms with van der Waals surface area (Å²) in [4.78, 5) is 10.8. The molecule has 0 spiro atoms. The van der Waals surface area contributed by atoms with E-state index in [1.807, 2.05) is 11.3 Å².